The molecule has 0 spiro atoms. The van der Waals surface area contributed by atoms with Gasteiger partial charge in [-0.3, -0.25) is 4.90 Å². The van der Waals surface area contributed by atoms with Gasteiger partial charge in [-0.2, -0.15) is 0 Å². The largest absolute Gasteiger partial charge is 0.378 e. The number of nitrogens with zero attached hydrogens (tertiary/aromatic N) is 1. The van der Waals surface area contributed by atoms with E-state index in [4.69, 9.17) is 4.74 Å². The highest BCUT2D eigenvalue weighted by Gasteiger charge is 2.33. The highest BCUT2D eigenvalue weighted by atomic mass is 16.5. The topological polar surface area (TPSA) is 53.6 Å². The summed E-state index contributed by atoms with van der Waals surface area (Å²) in [6, 6.07) is 16.0. The number of rotatable bonds is 5. The first-order valence-electron chi connectivity index (χ1n) is 9.09. The Morgan fingerprint density at radius 1 is 1.19 bits per heavy atom. The van der Waals surface area contributed by atoms with Gasteiger partial charge in [-0.15, -0.1) is 0 Å². The molecule has 2 unspecified atom stereocenters. The molecule has 26 heavy (non-hydrogen) atoms. The number of nitrogens with one attached hydrogen (secondary N) is 2. The molecule has 1 heterocycles. The third-order valence-electron chi connectivity index (χ3n) is 4.98. The Bertz CT molecular complexity index is 762. The van der Waals surface area contributed by atoms with Crippen molar-refractivity contribution in [2.24, 2.45) is 0 Å². The van der Waals surface area contributed by atoms with Gasteiger partial charge in [-0.1, -0.05) is 43.3 Å². The lowest BCUT2D eigenvalue weighted by molar-refractivity contribution is 0.0926. The summed E-state index contributed by atoms with van der Waals surface area (Å²) >= 11 is 0. The standard InChI is InChI=1S/C21H27N3O2/c1-4-24-13-19(20(14-24)26-3)23-21(25)22-17-10-7-9-16(12-17)18-11-6-5-8-15(18)2/h5-12,19-20H,4,13-14H2,1-3H3,(H2,22,23,25). The van der Waals surface area contributed by atoms with Crippen molar-refractivity contribution in [2.75, 3.05) is 32.1 Å². The zero-order valence-electron chi connectivity index (χ0n) is 15.7. The molecule has 1 aliphatic heterocycles. The maximum Gasteiger partial charge on any atom is 0.319 e. The zero-order chi connectivity index (χ0) is 18.5. The van der Waals surface area contributed by atoms with Gasteiger partial charge in [0.2, 0.25) is 0 Å². The van der Waals surface area contributed by atoms with E-state index < -0.39 is 0 Å². The number of hydrogen-bond acceptors (Lipinski definition) is 3. The van der Waals surface area contributed by atoms with E-state index in [1.54, 1.807) is 7.11 Å². The minimum atomic E-state index is -0.197. The summed E-state index contributed by atoms with van der Waals surface area (Å²) in [7, 11) is 1.70. The molecule has 5 heteroatoms. The van der Waals surface area contributed by atoms with Gasteiger partial charge < -0.3 is 15.4 Å². The SMILES string of the molecule is CCN1CC(NC(=O)Nc2cccc(-c3ccccc3C)c2)C(OC)C1. The summed E-state index contributed by atoms with van der Waals surface area (Å²) in [4.78, 5) is 14.7. The second kappa shape index (κ2) is 8.34. The number of carbonyl (C=O) groups excluding carboxylic acids is 1. The second-order valence-corrected chi connectivity index (χ2v) is 6.73. The van der Waals surface area contributed by atoms with Crippen LogP contribution in [0, 0.1) is 6.92 Å². The van der Waals surface area contributed by atoms with Crippen molar-refractivity contribution in [1.29, 1.82) is 0 Å². The van der Waals surface area contributed by atoms with Gasteiger partial charge >= 0.3 is 6.03 Å². The smallest absolute Gasteiger partial charge is 0.319 e. The molecule has 1 saturated heterocycles. The minimum Gasteiger partial charge on any atom is -0.378 e. The van der Waals surface area contributed by atoms with Crippen LogP contribution in [-0.4, -0.2) is 49.8 Å². The predicted octanol–water partition coefficient (Wildman–Crippen LogP) is 3.50. The second-order valence-electron chi connectivity index (χ2n) is 6.73. The summed E-state index contributed by atoms with van der Waals surface area (Å²) in [6.07, 6.45) is 0.0269. The van der Waals surface area contributed by atoms with Gasteiger partial charge in [0.25, 0.3) is 0 Å². The van der Waals surface area contributed by atoms with Crippen LogP contribution in [0.1, 0.15) is 12.5 Å². The lowest BCUT2D eigenvalue weighted by atomic mass is 10.0. The third kappa shape index (κ3) is 4.23. The molecule has 1 aliphatic rings. The van der Waals surface area contributed by atoms with Crippen LogP contribution in [0.5, 0.6) is 0 Å². The summed E-state index contributed by atoms with van der Waals surface area (Å²) < 4.78 is 5.51. The maximum atomic E-state index is 12.4. The van der Waals surface area contributed by atoms with Crippen LogP contribution >= 0.6 is 0 Å². The maximum absolute atomic E-state index is 12.4. The summed E-state index contributed by atoms with van der Waals surface area (Å²) in [5.74, 6) is 0. The Labute approximate surface area is 155 Å². The fourth-order valence-electron chi connectivity index (χ4n) is 3.48. The quantitative estimate of drug-likeness (QED) is 0.865. The van der Waals surface area contributed by atoms with Crippen LogP contribution < -0.4 is 10.6 Å². The van der Waals surface area contributed by atoms with Crippen molar-refractivity contribution in [1.82, 2.24) is 10.2 Å². The highest BCUT2D eigenvalue weighted by molar-refractivity contribution is 5.90. The van der Waals surface area contributed by atoms with Crippen LogP contribution in [0.15, 0.2) is 48.5 Å². The molecular formula is C21H27N3O2. The van der Waals surface area contributed by atoms with Gasteiger partial charge in [0, 0.05) is 25.9 Å². The Hall–Kier alpha value is -2.37. The first kappa shape index (κ1) is 18.4. The van der Waals surface area contributed by atoms with Gasteiger partial charge in [-0.05, 0) is 42.3 Å². The van der Waals surface area contributed by atoms with E-state index in [2.05, 4.69) is 47.6 Å². The number of methoxy groups -OCH3 is 1. The lowest BCUT2D eigenvalue weighted by Gasteiger charge is -2.19. The van der Waals surface area contributed by atoms with Crippen molar-refractivity contribution in [3.8, 4) is 11.1 Å². The van der Waals surface area contributed by atoms with E-state index in [0.717, 1.165) is 30.9 Å². The Balaban J connectivity index is 1.67. The average molecular weight is 353 g/mol. The van der Waals surface area contributed by atoms with Crippen LogP contribution in [0.25, 0.3) is 11.1 Å². The first-order valence-corrected chi connectivity index (χ1v) is 9.09. The van der Waals surface area contributed by atoms with Gasteiger partial charge in [-0.25, -0.2) is 4.79 Å². The molecule has 2 aromatic rings. The molecular weight excluding hydrogens is 326 g/mol. The monoisotopic (exact) mass is 353 g/mol. The number of benzene rings is 2. The van der Waals surface area contributed by atoms with Crippen molar-refractivity contribution in [2.45, 2.75) is 26.0 Å². The van der Waals surface area contributed by atoms with Crippen molar-refractivity contribution >= 4 is 11.7 Å². The predicted molar refractivity (Wildman–Crippen MR) is 105 cm³/mol. The number of likely N-dealkylation sites (N-methyl/N-ethyl adjacent to an activating group) is 1. The Kier molecular flexibility index (Phi) is 5.91. The van der Waals surface area contributed by atoms with E-state index in [0.29, 0.717) is 0 Å². The molecule has 1 fully saturated rings. The molecule has 0 saturated carbocycles. The van der Waals surface area contributed by atoms with E-state index in [1.807, 2.05) is 30.3 Å². The fraction of sp³-hybridized carbons (Fsp3) is 0.381. The molecule has 0 aromatic heterocycles. The molecule has 2 atom stereocenters. The van der Waals surface area contributed by atoms with Crippen LogP contribution in [0.4, 0.5) is 10.5 Å². The molecule has 0 bridgehead atoms. The molecule has 0 radical (unpaired) electrons. The number of likely N-dealkylation sites (tertiary alicyclic amines) is 1. The first-order chi connectivity index (χ1) is 12.6. The number of carbonyl (C=O) groups is 1. The van der Waals surface area contributed by atoms with Gasteiger partial charge in [0.05, 0.1) is 12.1 Å². The number of anilines is 1. The fourth-order valence-corrected chi connectivity index (χ4v) is 3.48. The molecule has 5 nitrogen and oxygen atoms in total. The molecule has 0 aliphatic carbocycles. The minimum absolute atomic E-state index is 0.000463. The van der Waals surface area contributed by atoms with Crippen molar-refractivity contribution < 1.29 is 9.53 Å². The van der Waals surface area contributed by atoms with E-state index in [9.17, 15) is 4.79 Å². The summed E-state index contributed by atoms with van der Waals surface area (Å²) in [5, 5.41) is 6.00. The van der Waals surface area contributed by atoms with Crippen LogP contribution in [0.2, 0.25) is 0 Å². The average Bonchev–Trinajstić information content (AvgIpc) is 3.04. The normalized spacial score (nSPS) is 20.1. The van der Waals surface area contributed by atoms with Gasteiger partial charge in [0.15, 0.2) is 0 Å². The van der Waals surface area contributed by atoms with Crippen LogP contribution in [0.3, 0.4) is 0 Å². The van der Waals surface area contributed by atoms with Crippen molar-refractivity contribution in [3.63, 3.8) is 0 Å². The van der Waals surface area contributed by atoms with E-state index in [1.165, 1.54) is 11.1 Å². The zero-order valence-corrected chi connectivity index (χ0v) is 15.7. The lowest BCUT2D eigenvalue weighted by Crippen LogP contribution is -2.45. The molecule has 138 valence electrons. The molecule has 2 aromatic carbocycles. The Morgan fingerprint density at radius 2 is 2.00 bits per heavy atom. The molecule has 3 rings (SSSR count). The number of urea groups is 1. The summed E-state index contributed by atoms with van der Waals surface area (Å²) in [6.45, 7) is 6.82. The molecule has 2 N–H and O–H groups in total. The van der Waals surface area contributed by atoms with E-state index >= 15 is 0 Å². The van der Waals surface area contributed by atoms with Gasteiger partial charge in [0.1, 0.15) is 0 Å². The number of ether oxygens (including phenoxy) is 1. The number of aryl methyl sites for hydroxylation is 1. The Morgan fingerprint density at radius 3 is 2.73 bits per heavy atom. The van der Waals surface area contributed by atoms with Crippen molar-refractivity contribution in [3.05, 3.63) is 54.1 Å². The van der Waals surface area contributed by atoms with E-state index in [-0.39, 0.29) is 18.2 Å². The van der Waals surface area contributed by atoms with Crippen LogP contribution in [-0.2, 0) is 4.74 Å². The highest BCUT2D eigenvalue weighted by Crippen LogP contribution is 2.25. The number of hydrogen-bond donors (Lipinski definition) is 2. The molecule has 2 amide bonds. The summed E-state index contributed by atoms with van der Waals surface area (Å²) in [5.41, 5.74) is 4.25. The third-order valence-corrected chi connectivity index (χ3v) is 4.98. The number of amides is 2.